The Morgan fingerprint density at radius 3 is 2.31 bits per heavy atom. The first-order valence-electron chi connectivity index (χ1n) is 3.85. The summed E-state index contributed by atoms with van der Waals surface area (Å²) in [5.74, 6) is 0. The number of rotatable bonds is 1. The molecule has 1 aromatic carbocycles. The zero-order valence-electron chi connectivity index (χ0n) is 6.83. The summed E-state index contributed by atoms with van der Waals surface area (Å²) in [6, 6.07) is 8.16. The van der Waals surface area contributed by atoms with E-state index in [0.717, 1.165) is 15.7 Å². The quantitative estimate of drug-likeness (QED) is 0.823. The van der Waals surface area contributed by atoms with Crippen LogP contribution in [-0.2, 0) is 0 Å². The van der Waals surface area contributed by atoms with E-state index < -0.39 is 0 Å². The van der Waals surface area contributed by atoms with Crippen LogP contribution >= 0.6 is 27.3 Å². The first kappa shape index (κ1) is 8.78. The Labute approximate surface area is 89.3 Å². The summed E-state index contributed by atoms with van der Waals surface area (Å²) in [4.78, 5) is 0. The van der Waals surface area contributed by atoms with Gasteiger partial charge in [-0.15, -0.1) is 11.3 Å². The highest BCUT2D eigenvalue weighted by Gasteiger charge is 2.02. The fourth-order valence-corrected chi connectivity index (χ4v) is 2.19. The molecular weight excluding hydrogens is 246 g/mol. The van der Waals surface area contributed by atoms with Crippen LogP contribution in [0.15, 0.2) is 39.5 Å². The molecule has 0 saturated carbocycles. The van der Waals surface area contributed by atoms with Gasteiger partial charge in [-0.1, -0.05) is 28.1 Å². The predicted octanol–water partition coefficient (Wildman–Crippen LogP) is 3.76. The van der Waals surface area contributed by atoms with E-state index >= 15 is 0 Å². The minimum absolute atomic E-state index is 0.854. The van der Waals surface area contributed by atoms with Crippen molar-refractivity contribution in [1.82, 2.24) is 0 Å². The molecule has 0 radical (unpaired) electrons. The molecule has 0 unspecified atom stereocenters. The van der Waals surface area contributed by atoms with Crippen molar-refractivity contribution in [2.24, 2.45) is 0 Å². The Bertz CT molecular complexity index is 405. The number of hydrogen-bond acceptors (Lipinski definition) is 2. The molecule has 0 fully saturated rings. The van der Waals surface area contributed by atoms with E-state index in [0.29, 0.717) is 0 Å². The van der Waals surface area contributed by atoms with Gasteiger partial charge in [0.25, 0.3) is 0 Å². The molecule has 66 valence electrons. The van der Waals surface area contributed by atoms with Gasteiger partial charge in [0.15, 0.2) is 0 Å². The third-order valence-corrected chi connectivity index (χ3v) is 3.14. The number of benzene rings is 1. The van der Waals surface area contributed by atoms with E-state index in [-0.39, 0.29) is 0 Å². The topological polar surface area (TPSA) is 26.0 Å². The van der Waals surface area contributed by atoms with Crippen LogP contribution in [0.4, 0.5) is 5.69 Å². The van der Waals surface area contributed by atoms with Gasteiger partial charge in [-0.25, -0.2) is 0 Å². The number of anilines is 1. The van der Waals surface area contributed by atoms with Gasteiger partial charge in [0, 0.05) is 20.8 Å². The highest BCUT2D eigenvalue weighted by Crippen LogP contribution is 2.29. The first-order valence-corrected chi connectivity index (χ1v) is 5.58. The van der Waals surface area contributed by atoms with Gasteiger partial charge in [0.1, 0.15) is 0 Å². The van der Waals surface area contributed by atoms with Crippen molar-refractivity contribution < 1.29 is 0 Å². The smallest absolute Gasteiger partial charge is 0.0502 e. The molecule has 1 aromatic heterocycles. The average Bonchev–Trinajstić information content (AvgIpc) is 2.53. The highest BCUT2D eigenvalue weighted by atomic mass is 79.9. The molecule has 0 bridgehead atoms. The van der Waals surface area contributed by atoms with Gasteiger partial charge in [0.2, 0.25) is 0 Å². The molecule has 2 N–H and O–H groups in total. The maximum atomic E-state index is 5.81. The molecule has 2 rings (SSSR count). The summed E-state index contributed by atoms with van der Waals surface area (Å²) in [5.41, 5.74) is 8.95. The summed E-state index contributed by atoms with van der Waals surface area (Å²) >= 11 is 5.03. The second kappa shape index (κ2) is 3.52. The van der Waals surface area contributed by atoms with Crippen LogP contribution in [0.1, 0.15) is 0 Å². The van der Waals surface area contributed by atoms with E-state index in [9.17, 15) is 0 Å². The van der Waals surface area contributed by atoms with Crippen LogP contribution in [0, 0.1) is 0 Å². The third kappa shape index (κ3) is 1.76. The van der Waals surface area contributed by atoms with E-state index in [4.69, 9.17) is 5.73 Å². The van der Waals surface area contributed by atoms with Crippen LogP contribution in [0.5, 0.6) is 0 Å². The van der Waals surface area contributed by atoms with E-state index in [1.54, 1.807) is 11.3 Å². The molecule has 1 nitrogen and oxygen atoms in total. The summed E-state index contributed by atoms with van der Waals surface area (Å²) in [6.07, 6.45) is 0. The fourth-order valence-electron chi connectivity index (χ4n) is 1.17. The van der Waals surface area contributed by atoms with Gasteiger partial charge in [-0.2, -0.15) is 0 Å². The van der Waals surface area contributed by atoms with Crippen molar-refractivity contribution in [3.63, 3.8) is 0 Å². The monoisotopic (exact) mass is 253 g/mol. The molecule has 0 aliphatic heterocycles. The molecule has 0 amide bonds. The number of nitrogens with two attached hydrogens (primary N) is 1. The van der Waals surface area contributed by atoms with Gasteiger partial charge in [-0.3, -0.25) is 0 Å². The molecule has 13 heavy (non-hydrogen) atoms. The molecule has 0 aliphatic rings. The van der Waals surface area contributed by atoms with Crippen molar-refractivity contribution >= 4 is 33.0 Å². The van der Waals surface area contributed by atoms with Gasteiger partial charge in [-0.05, 0) is 17.7 Å². The van der Waals surface area contributed by atoms with Crippen LogP contribution in [-0.4, -0.2) is 0 Å². The van der Waals surface area contributed by atoms with Crippen LogP contribution in [0.3, 0.4) is 0 Å². The predicted molar refractivity (Wildman–Crippen MR) is 61.9 cm³/mol. The number of hydrogen-bond donors (Lipinski definition) is 1. The lowest BCUT2D eigenvalue weighted by molar-refractivity contribution is 1.63. The minimum atomic E-state index is 0.854. The second-order valence-electron chi connectivity index (χ2n) is 2.75. The lowest BCUT2D eigenvalue weighted by Gasteiger charge is -1.99. The largest absolute Gasteiger partial charge is 0.398 e. The molecule has 3 heteroatoms. The number of nitrogen functional groups attached to an aromatic ring is 1. The normalized spacial score (nSPS) is 10.2. The van der Waals surface area contributed by atoms with E-state index in [1.807, 2.05) is 17.5 Å². The second-order valence-corrected chi connectivity index (χ2v) is 4.41. The molecular formula is C10H8BrNS. The third-order valence-electron chi connectivity index (χ3n) is 1.85. The molecule has 2 aromatic rings. The molecule has 0 saturated heterocycles. The van der Waals surface area contributed by atoms with Crippen molar-refractivity contribution in [3.05, 3.63) is 39.5 Å². The van der Waals surface area contributed by atoms with Crippen molar-refractivity contribution in [2.45, 2.75) is 0 Å². The Hall–Kier alpha value is -0.800. The summed E-state index contributed by atoms with van der Waals surface area (Å²) < 4.78 is 1.09. The Morgan fingerprint density at radius 2 is 1.77 bits per heavy atom. The number of halogens is 1. The Balaban J connectivity index is 2.47. The van der Waals surface area contributed by atoms with Crippen LogP contribution in [0.25, 0.3) is 11.1 Å². The maximum Gasteiger partial charge on any atom is 0.0502 e. The van der Waals surface area contributed by atoms with Crippen molar-refractivity contribution in [2.75, 3.05) is 5.73 Å². The summed E-state index contributed by atoms with van der Waals surface area (Å²) in [7, 11) is 0. The zero-order chi connectivity index (χ0) is 9.26. The molecule has 0 atom stereocenters. The van der Waals surface area contributed by atoms with Crippen molar-refractivity contribution in [3.8, 4) is 11.1 Å². The standard InChI is InChI=1S/C10H8BrNS/c11-8-3-1-7(2-4-8)9-5-13-6-10(9)12/h1-6H,12H2. The average molecular weight is 254 g/mol. The Kier molecular flexibility index (Phi) is 2.38. The maximum absolute atomic E-state index is 5.81. The van der Waals surface area contributed by atoms with Crippen LogP contribution in [0.2, 0.25) is 0 Å². The van der Waals surface area contributed by atoms with Gasteiger partial charge < -0.3 is 5.73 Å². The minimum Gasteiger partial charge on any atom is -0.398 e. The molecule has 0 aliphatic carbocycles. The summed E-state index contributed by atoms with van der Waals surface area (Å²) in [6.45, 7) is 0. The van der Waals surface area contributed by atoms with Crippen LogP contribution < -0.4 is 5.73 Å². The number of thiophene rings is 1. The SMILES string of the molecule is Nc1cscc1-c1ccc(Br)cc1. The highest BCUT2D eigenvalue weighted by molar-refractivity contribution is 9.10. The lowest BCUT2D eigenvalue weighted by Crippen LogP contribution is -1.83. The molecule has 0 spiro atoms. The van der Waals surface area contributed by atoms with Gasteiger partial charge in [0.05, 0.1) is 5.69 Å². The molecule has 1 heterocycles. The Morgan fingerprint density at radius 1 is 1.08 bits per heavy atom. The van der Waals surface area contributed by atoms with E-state index in [1.165, 1.54) is 5.56 Å². The van der Waals surface area contributed by atoms with Crippen molar-refractivity contribution in [1.29, 1.82) is 0 Å². The fraction of sp³-hybridized carbons (Fsp3) is 0. The zero-order valence-corrected chi connectivity index (χ0v) is 9.23. The van der Waals surface area contributed by atoms with Gasteiger partial charge >= 0.3 is 0 Å². The lowest BCUT2D eigenvalue weighted by atomic mass is 10.1. The summed E-state index contributed by atoms with van der Waals surface area (Å²) in [5, 5.41) is 4.02. The first-order chi connectivity index (χ1) is 6.27. The van der Waals surface area contributed by atoms with E-state index in [2.05, 4.69) is 33.4 Å².